The van der Waals surface area contributed by atoms with Crippen molar-refractivity contribution < 1.29 is 0 Å². The standard InChI is InChI=1S/C21H29N7.HI/c1-4-22-21(24-16-20-26-25-19-12-8-9-14-28(19)20)23-13-15-27(5-2)18-11-7-6-10-17(18)3;/h6-12,14H,4-5,13,15-16H2,1-3H3,(H2,22,23,24);1H. The summed E-state index contributed by atoms with van der Waals surface area (Å²) in [5.41, 5.74) is 3.41. The Hall–Kier alpha value is -2.36. The van der Waals surface area contributed by atoms with Gasteiger partial charge in [-0.1, -0.05) is 24.3 Å². The number of pyridine rings is 1. The van der Waals surface area contributed by atoms with E-state index in [1.54, 1.807) is 0 Å². The minimum atomic E-state index is 0. The van der Waals surface area contributed by atoms with Crippen LogP contribution in [0.5, 0.6) is 0 Å². The first-order valence-electron chi connectivity index (χ1n) is 9.84. The van der Waals surface area contributed by atoms with Gasteiger partial charge in [-0.15, -0.1) is 34.2 Å². The van der Waals surface area contributed by atoms with Gasteiger partial charge < -0.3 is 15.5 Å². The molecule has 2 N–H and O–H groups in total. The number of nitrogens with one attached hydrogen (secondary N) is 2. The number of aromatic nitrogens is 3. The number of benzene rings is 1. The van der Waals surface area contributed by atoms with Gasteiger partial charge in [-0.3, -0.25) is 4.40 Å². The smallest absolute Gasteiger partial charge is 0.191 e. The van der Waals surface area contributed by atoms with Gasteiger partial charge in [0, 0.05) is 38.1 Å². The number of rotatable bonds is 8. The van der Waals surface area contributed by atoms with E-state index in [0.29, 0.717) is 6.54 Å². The van der Waals surface area contributed by atoms with Crippen LogP contribution in [-0.2, 0) is 6.54 Å². The van der Waals surface area contributed by atoms with E-state index in [1.165, 1.54) is 11.3 Å². The summed E-state index contributed by atoms with van der Waals surface area (Å²) in [5, 5.41) is 15.1. The van der Waals surface area contributed by atoms with Crippen molar-refractivity contribution in [2.75, 3.05) is 31.1 Å². The van der Waals surface area contributed by atoms with Crippen molar-refractivity contribution in [3.05, 3.63) is 60.0 Å². The molecule has 29 heavy (non-hydrogen) atoms. The Morgan fingerprint density at radius 1 is 1.07 bits per heavy atom. The topological polar surface area (TPSA) is 69.8 Å². The molecule has 0 atom stereocenters. The van der Waals surface area contributed by atoms with E-state index < -0.39 is 0 Å². The third-order valence-corrected chi connectivity index (χ3v) is 4.62. The highest BCUT2D eigenvalue weighted by molar-refractivity contribution is 14.0. The Bertz CT molecular complexity index is 922. The zero-order chi connectivity index (χ0) is 19.8. The number of anilines is 1. The number of para-hydroxylation sites is 1. The Morgan fingerprint density at radius 2 is 1.86 bits per heavy atom. The number of guanidine groups is 1. The lowest BCUT2D eigenvalue weighted by Crippen LogP contribution is -2.41. The van der Waals surface area contributed by atoms with E-state index in [2.05, 4.69) is 75.8 Å². The van der Waals surface area contributed by atoms with Crippen LogP contribution in [0.2, 0.25) is 0 Å². The van der Waals surface area contributed by atoms with Crippen molar-refractivity contribution in [3.63, 3.8) is 0 Å². The molecule has 2 heterocycles. The van der Waals surface area contributed by atoms with Crippen molar-refractivity contribution in [1.29, 1.82) is 0 Å². The van der Waals surface area contributed by atoms with E-state index in [0.717, 1.165) is 43.6 Å². The van der Waals surface area contributed by atoms with Crippen LogP contribution in [0.4, 0.5) is 5.69 Å². The van der Waals surface area contributed by atoms with Crippen molar-refractivity contribution in [2.24, 2.45) is 4.99 Å². The van der Waals surface area contributed by atoms with Crippen LogP contribution in [-0.4, -0.2) is 46.7 Å². The van der Waals surface area contributed by atoms with Crippen LogP contribution in [0, 0.1) is 6.92 Å². The molecule has 0 unspecified atom stereocenters. The fourth-order valence-electron chi connectivity index (χ4n) is 3.17. The predicted octanol–water partition coefficient (Wildman–Crippen LogP) is 3.24. The van der Waals surface area contributed by atoms with Crippen molar-refractivity contribution in [2.45, 2.75) is 27.3 Å². The van der Waals surface area contributed by atoms with Gasteiger partial charge in [-0.05, 0) is 44.5 Å². The number of halogens is 1. The molecule has 3 rings (SSSR count). The molecule has 0 spiro atoms. The van der Waals surface area contributed by atoms with Crippen LogP contribution in [0.3, 0.4) is 0 Å². The van der Waals surface area contributed by atoms with E-state index >= 15 is 0 Å². The number of nitrogens with zero attached hydrogens (tertiary/aromatic N) is 5. The molecule has 0 aliphatic heterocycles. The van der Waals surface area contributed by atoms with Gasteiger partial charge >= 0.3 is 0 Å². The van der Waals surface area contributed by atoms with E-state index in [-0.39, 0.29) is 24.0 Å². The molecule has 0 bridgehead atoms. The van der Waals surface area contributed by atoms with Crippen molar-refractivity contribution in [1.82, 2.24) is 25.2 Å². The minimum Gasteiger partial charge on any atom is -0.370 e. The number of aryl methyl sites for hydroxylation is 1. The summed E-state index contributed by atoms with van der Waals surface area (Å²) >= 11 is 0. The summed E-state index contributed by atoms with van der Waals surface area (Å²) in [6, 6.07) is 14.4. The second-order valence-electron chi connectivity index (χ2n) is 6.53. The maximum atomic E-state index is 4.67. The molecule has 0 fully saturated rings. The number of hydrogen-bond acceptors (Lipinski definition) is 4. The van der Waals surface area contributed by atoms with E-state index in [1.807, 2.05) is 28.8 Å². The highest BCUT2D eigenvalue weighted by atomic mass is 127. The lowest BCUT2D eigenvalue weighted by atomic mass is 10.2. The largest absolute Gasteiger partial charge is 0.370 e. The summed E-state index contributed by atoms with van der Waals surface area (Å²) in [5.74, 6) is 1.61. The summed E-state index contributed by atoms with van der Waals surface area (Å²) < 4.78 is 1.96. The summed E-state index contributed by atoms with van der Waals surface area (Å²) in [7, 11) is 0. The highest BCUT2D eigenvalue weighted by Crippen LogP contribution is 2.18. The molecule has 0 aliphatic carbocycles. The fraction of sp³-hybridized carbons (Fsp3) is 0.381. The molecular formula is C21H30IN7. The first kappa shape index (κ1) is 22.9. The Labute approximate surface area is 189 Å². The van der Waals surface area contributed by atoms with Crippen LogP contribution >= 0.6 is 24.0 Å². The summed E-state index contributed by atoms with van der Waals surface area (Å²) in [4.78, 5) is 7.04. The lowest BCUT2D eigenvalue weighted by molar-refractivity contribution is 0.746. The molecule has 0 saturated heterocycles. The average molecular weight is 507 g/mol. The van der Waals surface area contributed by atoms with Crippen LogP contribution < -0.4 is 15.5 Å². The second kappa shape index (κ2) is 11.6. The Balaban J connectivity index is 0.00000300. The SMILES string of the molecule is CCNC(=NCc1nnc2ccccn12)NCCN(CC)c1ccccc1C.I. The molecule has 8 heteroatoms. The van der Waals surface area contributed by atoms with Gasteiger partial charge in [-0.25, -0.2) is 4.99 Å². The summed E-state index contributed by atoms with van der Waals surface area (Å²) in [6.07, 6.45) is 1.96. The van der Waals surface area contributed by atoms with Gasteiger partial charge in [0.2, 0.25) is 0 Å². The molecule has 156 valence electrons. The second-order valence-corrected chi connectivity index (χ2v) is 6.53. The van der Waals surface area contributed by atoms with Gasteiger partial charge in [0.25, 0.3) is 0 Å². The Morgan fingerprint density at radius 3 is 2.62 bits per heavy atom. The molecule has 0 radical (unpaired) electrons. The van der Waals surface area contributed by atoms with Gasteiger partial charge in [0.1, 0.15) is 6.54 Å². The number of likely N-dealkylation sites (N-methyl/N-ethyl adjacent to an activating group) is 1. The lowest BCUT2D eigenvalue weighted by Gasteiger charge is -2.25. The number of fused-ring (bicyclic) bond motifs is 1. The first-order chi connectivity index (χ1) is 13.7. The maximum Gasteiger partial charge on any atom is 0.191 e. The van der Waals surface area contributed by atoms with Crippen molar-refractivity contribution >= 4 is 41.3 Å². The molecule has 3 aromatic rings. The molecule has 7 nitrogen and oxygen atoms in total. The summed E-state index contributed by atoms with van der Waals surface area (Å²) in [6.45, 7) is 10.3. The first-order valence-corrected chi connectivity index (χ1v) is 9.84. The minimum absolute atomic E-state index is 0. The molecule has 1 aromatic carbocycles. The van der Waals surface area contributed by atoms with E-state index in [4.69, 9.17) is 0 Å². The Kier molecular flexibility index (Phi) is 9.17. The molecule has 0 amide bonds. The molecular weight excluding hydrogens is 477 g/mol. The van der Waals surface area contributed by atoms with Crippen LogP contribution in [0.15, 0.2) is 53.7 Å². The van der Waals surface area contributed by atoms with E-state index in [9.17, 15) is 0 Å². The fourth-order valence-corrected chi connectivity index (χ4v) is 3.17. The zero-order valence-electron chi connectivity index (χ0n) is 17.3. The highest BCUT2D eigenvalue weighted by Gasteiger charge is 2.08. The average Bonchev–Trinajstić information content (AvgIpc) is 3.13. The van der Waals surface area contributed by atoms with Crippen molar-refractivity contribution in [3.8, 4) is 0 Å². The van der Waals surface area contributed by atoms with Gasteiger partial charge in [0.05, 0.1) is 0 Å². The molecule has 0 saturated carbocycles. The zero-order valence-corrected chi connectivity index (χ0v) is 19.6. The van der Waals surface area contributed by atoms with Crippen LogP contribution in [0.25, 0.3) is 5.65 Å². The number of aliphatic imine (C=N–C) groups is 1. The third-order valence-electron chi connectivity index (χ3n) is 4.62. The maximum absolute atomic E-state index is 4.67. The molecule has 0 aliphatic rings. The molecule has 2 aromatic heterocycles. The van der Waals surface area contributed by atoms with Gasteiger partial charge in [-0.2, -0.15) is 0 Å². The number of hydrogen-bond donors (Lipinski definition) is 2. The normalized spacial score (nSPS) is 11.2. The quantitative estimate of drug-likeness (QED) is 0.279. The monoisotopic (exact) mass is 507 g/mol. The third kappa shape index (κ3) is 6.06. The van der Waals surface area contributed by atoms with Crippen LogP contribution in [0.1, 0.15) is 25.2 Å². The van der Waals surface area contributed by atoms with Gasteiger partial charge in [0.15, 0.2) is 17.4 Å². The predicted molar refractivity (Wildman–Crippen MR) is 130 cm³/mol.